The minimum Gasteiger partial charge on any atom is -0.349 e. The van der Waals surface area contributed by atoms with Crippen molar-refractivity contribution >= 4 is 42.1 Å². The maximum absolute atomic E-state index is 12.0. The van der Waals surface area contributed by atoms with E-state index < -0.39 is 0 Å². The van der Waals surface area contributed by atoms with E-state index in [0.717, 1.165) is 30.0 Å². The van der Waals surface area contributed by atoms with Crippen LogP contribution < -0.4 is 11.1 Å². The Balaban J connectivity index is 0.00000162. The van der Waals surface area contributed by atoms with E-state index in [1.807, 2.05) is 12.3 Å². The van der Waals surface area contributed by atoms with Gasteiger partial charge in [-0.2, -0.15) is 0 Å². The lowest BCUT2D eigenvalue weighted by molar-refractivity contribution is -0.126. The number of rotatable bonds is 4. The van der Waals surface area contributed by atoms with E-state index in [1.165, 1.54) is 0 Å². The summed E-state index contributed by atoms with van der Waals surface area (Å²) in [6, 6.07) is 0. The number of carbonyl (C=O) groups is 1. The molecule has 19 heavy (non-hydrogen) atoms. The number of thiazole rings is 1. The summed E-state index contributed by atoms with van der Waals surface area (Å²) in [5.41, 5.74) is 6.70. The largest absolute Gasteiger partial charge is 0.349 e. The summed E-state index contributed by atoms with van der Waals surface area (Å²) < 4.78 is 0. The van der Waals surface area contributed by atoms with Gasteiger partial charge < -0.3 is 11.1 Å². The van der Waals surface area contributed by atoms with E-state index in [2.05, 4.69) is 10.3 Å². The molecule has 0 saturated heterocycles. The number of amides is 1. The van der Waals surface area contributed by atoms with Crippen LogP contribution in [-0.2, 0) is 11.3 Å². The van der Waals surface area contributed by atoms with Crippen molar-refractivity contribution in [1.82, 2.24) is 10.3 Å². The van der Waals surface area contributed by atoms with Gasteiger partial charge in [-0.25, -0.2) is 4.98 Å². The molecule has 1 aromatic rings. The normalized spacial score (nSPS) is 21.4. The molecule has 1 saturated carbocycles. The standard InChI is InChI=1S/C12H19N3OS.2ClH/c1-8-7-17-11(15-8)6-14-12(16)10-4-2-3-9(10)5-13;;/h7,9-10H,2-6,13H2,1H3,(H,14,16);2*1H/t9-,10-;;/m1../s1. The van der Waals surface area contributed by atoms with E-state index in [-0.39, 0.29) is 36.6 Å². The van der Waals surface area contributed by atoms with Crippen molar-refractivity contribution < 1.29 is 4.79 Å². The molecule has 1 aliphatic carbocycles. The third kappa shape index (κ3) is 4.91. The van der Waals surface area contributed by atoms with Crippen molar-refractivity contribution in [2.75, 3.05) is 6.54 Å². The Labute approximate surface area is 130 Å². The highest BCUT2D eigenvalue weighted by Gasteiger charge is 2.31. The fourth-order valence-corrected chi connectivity index (χ4v) is 3.15. The number of nitrogens with one attached hydrogen (secondary N) is 1. The minimum atomic E-state index is 0. The van der Waals surface area contributed by atoms with Crippen LogP contribution >= 0.6 is 36.2 Å². The van der Waals surface area contributed by atoms with Gasteiger partial charge >= 0.3 is 0 Å². The van der Waals surface area contributed by atoms with E-state index in [0.29, 0.717) is 19.0 Å². The SMILES string of the molecule is Cc1csc(CNC(=O)[C@@H]2CCC[C@@H]2CN)n1.Cl.Cl. The van der Waals surface area contributed by atoms with Crippen molar-refractivity contribution in [2.24, 2.45) is 17.6 Å². The monoisotopic (exact) mass is 325 g/mol. The average Bonchev–Trinajstić information content (AvgIpc) is 2.94. The summed E-state index contributed by atoms with van der Waals surface area (Å²) in [7, 11) is 0. The molecule has 110 valence electrons. The van der Waals surface area contributed by atoms with Crippen LogP contribution in [0.25, 0.3) is 0 Å². The molecule has 0 unspecified atom stereocenters. The van der Waals surface area contributed by atoms with Gasteiger partial charge in [-0.15, -0.1) is 36.2 Å². The summed E-state index contributed by atoms with van der Waals surface area (Å²) in [5.74, 6) is 0.625. The van der Waals surface area contributed by atoms with Gasteiger partial charge in [0.15, 0.2) is 0 Å². The van der Waals surface area contributed by atoms with Gasteiger partial charge in [-0.05, 0) is 32.2 Å². The van der Waals surface area contributed by atoms with Gasteiger partial charge in [-0.3, -0.25) is 4.79 Å². The van der Waals surface area contributed by atoms with Crippen molar-refractivity contribution in [3.05, 3.63) is 16.1 Å². The molecular formula is C12H21Cl2N3OS. The average molecular weight is 326 g/mol. The van der Waals surface area contributed by atoms with Crippen molar-refractivity contribution in [3.8, 4) is 0 Å². The lowest BCUT2D eigenvalue weighted by Gasteiger charge is -2.16. The van der Waals surface area contributed by atoms with E-state index in [4.69, 9.17) is 5.73 Å². The Morgan fingerprint density at radius 2 is 2.26 bits per heavy atom. The summed E-state index contributed by atoms with van der Waals surface area (Å²) in [6.45, 7) is 3.13. The van der Waals surface area contributed by atoms with Crippen LogP contribution in [0.3, 0.4) is 0 Å². The molecule has 1 aliphatic rings. The van der Waals surface area contributed by atoms with E-state index in [1.54, 1.807) is 11.3 Å². The lowest BCUT2D eigenvalue weighted by atomic mass is 9.95. The molecule has 1 aromatic heterocycles. The number of aromatic nitrogens is 1. The molecule has 2 rings (SSSR count). The Morgan fingerprint density at radius 3 is 2.84 bits per heavy atom. The zero-order valence-corrected chi connectivity index (χ0v) is 13.4. The third-order valence-electron chi connectivity index (χ3n) is 3.38. The smallest absolute Gasteiger partial charge is 0.223 e. The molecular weight excluding hydrogens is 305 g/mol. The number of aryl methyl sites for hydroxylation is 1. The predicted molar refractivity (Wildman–Crippen MR) is 83.1 cm³/mol. The third-order valence-corrected chi connectivity index (χ3v) is 4.35. The minimum absolute atomic E-state index is 0. The second-order valence-electron chi connectivity index (χ2n) is 4.63. The van der Waals surface area contributed by atoms with Crippen LogP contribution in [-0.4, -0.2) is 17.4 Å². The number of nitrogens with zero attached hydrogens (tertiary/aromatic N) is 1. The first-order valence-electron chi connectivity index (χ1n) is 6.09. The Kier molecular flexibility index (Phi) is 8.57. The Morgan fingerprint density at radius 1 is 1.53 bits per heavy atom. The van der Waals surface area contributed by atoms with E-state index >= 15 is 0 Å². The fourth-order valence-electron chi connectivity index (χ4n) is 2.44. The first kappa shape index (κ1) is 18.6. The zero-order valence-electron chi connectivity index (χ0n) is 10.9. The zero-order chi connectivity index (χ0) is 12.3. The molecule has 1 amide bonds. The highest BCUT2D eigenvalue weighted by Crippen LogP contribution is 2.30. The number of hydrogen-bond donors (Lipinski definition) is 2. The van der Waals surface area contributed by atoms with Crippen LogP contribution in [0.15, 0.2) is 5.38 Å². The Bertz CT molecular complexity index is 400. The quantitative estimate of drug-likeness (QED) is 0.892. The first-order chi connectivity index (χ1) is 8.20. The van der Waals surface area contributed by atoms with Crippen LogP contribution in [0.2, 0.25) is 0 Å². The predicted octanol–water partition coefficient (Wildman–Crippen LogP) is 2.29. The number of hydrogen-bond acceptors (Lipinski definition) is 4. The highest BCUT2D eigenvalue weighted by molar-refractivity contribution is 7.09. The maximum atomic E-state index is 12.0. The molecule has 1 heterocycles. The molecule has 0 aromatic carbocycles. The van der Waals surface area contributed by atoms with Gasteiger partial charge in [0, 0.05) is 17.0 Å². The molecule has 3 N–H and O–H groups in total. The molecule has 2 atom stereocenters. The van der Waals surface area contributed by atoms with Gasteiger partial charge in [0.25, 0.3) is 0 Å². The van der Waals surface area contributed by atoms with Crippen LogP contribution in [0.1, 0.15) is 30.0 Å². The second kappa shape index (κ2) is 8.74. The van der Waals surface area contributed by atoms with Gasteiger partial charge in [0.1, 0.15) is 5.01 Å². The Hall–Kier alpha value is -0.360. The lowest BCUT2D eigenvalue weighted by Crippen LogP contribution is -2.34. The molecule has 0 bridgehead atoms. The molecule has 0 spiro atoms. The van der Waals surface area contributed by atoms with Gasteiger partial charge in [0.2, 0.25) is 5.91 Å². The van der Waals surface area contributed by atoms with Gasteiger partial charge in [-0.1, -0.05) is 6.42 Å². The molecule has 0 aliphatic heterocycles. The number of halogens is 2. The molecule has 7 heteroatoms. The summed E-state index contributed by atoms with van der Waals surface area (Å²) in [6.07, 6.45) is 3.19. The second-order valence-corrected chi connectivity index (χ2v) is 5.58. The van der Waals surface area contributed by atoms with Crippen LogP contribution in [0, 0.1) is 18.8 Å². The van der Waals surface area contributed by atoms with Crippen molar-refractivity contribution in [3.63, 3.8) is 0 Å². The maximum Gasteiger partial charge on any atom is 0.223 e. The van der Waals surface area contributed by atoms with Gasteiger partial charge in [0.05, 0.1) is 6.54 Å². The topological polar surface area (TPSA) is 68.0 Å². The number of nitrogens with two attached hydrogens (primary N) is 1. The van der Waals surface area contributed by atoms with Crippen molar-refractivity contribution in [2.45, 2.75) is 32.7 Å². The van der Waals surface area contributed by atoms with E-state index in [9.17, 15) is 4.79 Å². The molecule has 1 fully saturated rings. The highest BCUT2D eigenvalue weighted by atomic mass is 35.5. The van der Waals surface area contributed by atoms with Crippen LogP contribution in [0.4, 0.5) is 0 Å². The fraction of sp³-hybridized carbons (Fsp3) is 0.667. The molecule has 4 nitrogen and oxygen atoms in total. The number of carbonyl (C=O) groups excluding carboxylic acids is 1. The van der Waals surface area contributed by atoms with Crippen LogP contribution in [0.5, 0.6) is 0 Å². The summed E-state index contributed by atoms with van der Waals surface area (Å²) in [4.78, 5) is 16.3. The summed E-state index contributed by atoms with van der Waals surface area (Å²) in [5, 5.41) is 5.94. The molecule has 0 radical (unpaired) electrons. The first-order valence-corrected chi connectivity index (χ1v) is 6.97. The summed E-state index contributed by atoms with van der Waals surface area (Å²) >= 11 is 1.59. The van der Waals surface area contributed by atoms with Crippen molar-refractivity contribution in [1.29, 1.82) is 0 Å².